The molecule has 0 radical (unpaired) electrons. The standard InChI is InChI=1S/C13H16FNO5/c1-13(2,12(16)17)7-4-8-20-11-9(14)5-3-6-10(11)15(18)19/h3,5-6H,4,7-8H2,1-2H3,(H,16,17). The molecule has 0 aliphatic rings. The molecular formula is C13H16FNO5. The maximum absolute atomic E-state index is 13.5. The van der Waals surface area contributed by atoms with Gasteiger partial charge in [0.25, 0.3) is 0 Å². The van der Waals surface area contributed by atoms with Gasteiger partial charge in [-0.05, 0) is 32.8 Å². The Balaban J connectivity index is 2.63. The van der Waals surface area contributed by atoms with E-state index < -0.39 is 33.6 Å². The summed E-state index contributed by atoms with van der Waals surface area (Å²) in [5.41, 5.74) is -1.35. The van der Waals surface area contributed by atoms with Crippen molar-refractivity contribution in [2.24, 2.45) is 5.41 Å². The first kappa shape index (κ1) is 15.9. The molecule has 0 bridgehead atoms. The van der Waals surface area contributed by atoms with Gasteiger partial charge < -0.3 is 9.84 Å². The van der Waals surface area contributed by atoms with Crippen molar-refractivity contribution in [3.05, 3.63) is 34.1 Å². The monoisotopic (exact) mass is 285 g/mol. The van der Waals surface area contributed by atoms with E-state index in [1.165, 1.54) is 6.07 Å². The van der Waals surface area contributed by atoms with Crippen LogP contribution in [0.5, 0.6) is 5.75 Å². The molecule has 0 aliphatic carbocycles. The molecule has 1 rings (SSSR count). The lowest BCUT2D eigenvalue weighted by Crippen LogP contribution is -2.24. The zero-order valence-corrected chi connectivity index (χ0v) is 11.3. The lowest BCUT2D eigenvalue weighted by Gasteiger charge is -2.18. The van der Waals surface area contributed by atoms with Crippen molar-refractivity contribution in [3.8, 4) is 5.75 Å². The highest BCUT2D eigenvalue weighted by Gasteiger charge is 2.26. The van der Waals surface area contributed by atoms with E-state index in [0.29, 0.717) is 12.8 Å². The number of ether oxygens (including phenoxy) is 1. The van der Waals surface area contributed by atoms with E-state index in [1.807, 2.05) is 0 Å². The molecule has 0 aliphatic heterocycles. The molecule has 110 valence electrons. The predicted molar refractivity (Wildman–Crippen MR) is 69.2 cm³/mol. The number of rotatable bonds is 7. The second-order valence-corrected chi connectivity index (χ2v) is 4.99. The van der Waals surface area contributed by atoms with Gasteiger partial charge in [-0.25, -0.2) is 4.39 Å². The van der Waals surface area contributed by atoms with Crippen LogP contribution in [-0.4, -0.2) is 22.6 Å². The number of hydrogen-bond donors (Lipinski definition) is 1. The Hall–Kier alpha value is -2.18. The van der Waals surface area contributed by atoms with Crippen LogP contribution in [0.2, 0.25) is 0 Å². The van der Waals surface area contributed by atoms with Crippen molar-refractivity contribution in [1.29, 1.82) is 0 Å². The van der Waals surface area contributed by atoms with E-state index >= 15 is 0 Å². The van der Waals surface area contributed by atoms with Gasteiger partial charge in [0.1, 0.15) is 0 Å². The minimum atomic E-state index is -0.936. The lowest BCUT2D eigenvalue weighted by atomic mass is 9.88. The van der Waals surface area contributed by atoms with Crippen LogP contribution in [0.25, 0.3) is 0 Å². The van der Waals surface area contributed by atoms with Gasteiger partial charge in [0.05, 0.1) is 16.9 Å². The number of halogens is 1. The summed E-state index contributed by atoms with van der Waals surface area (Å²) in [5, 5.41) is 19.7. The van der Waals surface area contributed by atoms with Crippen LogP contribution < -0.4 is 4.74 Å². The van der Waals surface area contributed by atoms with Gasteiger partial charge in [-0.1, -0.05) is 6.07 Å². The summed E-state index contributed by atoms with van der Waals surface area (Å²) >= 11 is 0. The van der Waals surface area contributed by atoms with E-state index in [2.05, 4.69) is 0 Å². The molecule has 7 heteroatoms. The van der Waals surface area contributed by atoms with Gasteiger partial charge in [-0.3, -0.25) is 14.9 Å². The Kier molecular flexibility index (Phi) is 5.01. The van der Waals surface area contributed by atoms with E-state index in [-0.39, 0.29) is 6.61 Å². The van der Waals surface area contributed by atoms with E-state index in [0.717, 1.165) is 12.1 Å². The second kappa shape index (κ2) is 6.31. The fourth-order valence-electron chi connectivity index (χ4n) is 1.58. The summed E-state index contributed by atoms with van der Waals surface area (Å²) in [6.07, 6.45) is 0.676. The summed E-state index contributed by atoms with van der Waals surface area (Å²) in [6.45, 7) is 3.15. The van der Waals surface area contributed by atoms with Crippen LogP contribution in [0.3, 0.4) is 0 Å². The highest BCUT2D eigenvalue weighted by atomic mass is 19.1. The Labute approximate surface area is 115 Å². The van der Waals surface area contributed by atoms with Crippen molar-refractivity contribution in [1.82, 2.24) is 0 Å². The molecule has 20 heavy (non-hydrogen) atoms. The third kappa shape index (κ3) is 3.91. The molecule has 0 saturated heterocycles. The molecule has 0 fully saturated rings. The smallest absolute Gasteiger partial charge is 0.314 e. The Bertz CT molecular complexity index is 515. The zero-order valence-electron chi connectivity index (χ0n) is 11.3. The third-order valence-electron chi connectivity index (χ3n) is 2.91. The van der Waals surface area contributed by atoms with Crippen LogP contribution in [0.15, 0.2) is 18.2 Å². The van der Waals surface area contributed by atoms with Gasteiger partial charge >= 0.3 is 11.7 Å². The van der Waals surface area contributed by atoms with Gasteiger partial charge in [0.2, 0.25) is 5.75 Å². The van der Waals surface area contributed by atoms with Crippen LogP contribution in [0.1, 0.15) is 26.7 Å². The Morgan fingerprint density at radius 1 is 1.50 bits per heavy atom. The summed E-state index contributed by atoms with van der Waals surface area (Å²) in [7, 11) is 0. The molecular weight excluding hydrogens is 269 g/mol. The summed E-state index contributed by atoms with van der Waals surface area (Å²) < 4.78 is 18.6. The number of nitrogens with zero attached hydrogens (tertiary/aromatic N) is 1. The molecule has 0 heterocycles. The number of hydrogen-bond acceptors (Lipinski definition) is 4. The third-order valence-corrected chi connectivity index (χ3v) is 2.91. The van der Waals surface area contributed by atoms with Crippen LogP contribution in [0.4, 0.5) is 10.1 Å². The average molecular weight is 285 g/mol. The van der Waals surface area contributed by atoms with Gasteiger partial charge in [0.15, 0.2) is 5.82 Å². The molecule has 0 aromatic heterocycles. The fraction of sp³-hybridized carbons (Fsp3) is 0.462. The maximum atomic E-state index is 13.5. The number of benzene rings is 1. The van der Waals surface area contributed by atoms with Gasteiger partial charge in [0, 0.05) is 6.07 Å². The van der Waals surface area contributed by atoms with Crippen molar-refractivity contribution in [2.75, 3.05) is 6.61 Å². The van der Waals surface area contributed by atoms with Crippen LogP contribution in [-0.2, 0) is 4.79 Å². The first-order valence-corrected chi connectivity index (χ1v) is 6.05. The molecule has 1 aromatic rings. The number of carboxylic acids is 1. The molecule has 1 aromatic carbocycles. The van der Waals surface area contributed by atoms with Gasteiger partial charge in [-0.2, -0.15) is 0 Å². The lowest BCUT2D eigenvalue weighted by molar-refractivity contribution is -0.386. The Morgan fingerprint density at radius 3 is 2.70 bits per heavy atom. The highest BCUT2D eigenvalue weighted by Crippen LogP contribution is 2.30. The van der Waals surface area contributed by atoms with Crippen LogP contribution in [0, 0.1) is 21.3 Å². The van der Waals surface area contributed by atoms with Crippen molar-refractivity contribution in [3.63, 3.8) is 0 Å². The molecule has 0 spiro atoms. The van der Waals surface area contributed by atoms with E-state index in [1.54, 1.807) is 13.8 Å². The average Bonchev–Trinajstić information content (AvgIpc) is 2.35. The molecule has 6 nitrogen and oxygen atoms in total. The number of nitro benzene ring substituents is 1. The summed E-state index contributed by atoms with van der Waals surface area (Å²) in [4.78, 5) is 20.9. The number of nitro groups is 1. The number of aliphatic carboxylic acids is 1. The molecule has 1 N–H and O–H groups in total. The quantitative estimate of drug-likeness (QED) is 0.472. The normalized spacial score (nSPS) is 11.2. The van der Waals surface area contributed by atoms with Gasteiger partial charge in [-0.15, -0.1) is 0 Å². The number of carbonyl (C=O) groups is 1. The van der Waals surface area contributed by atoms with Crippen molar-refractivity contribution in [2.45, 2.75) is 26.7 Å². The SMILES string of the molecule is CC(C)(CCCOc1c(F)cccc1[N+](=O)[O-])C(=O)O. The number of carboxylic acid groups (broad SMARTS) is 1. The first-order chi connectivity index (χ1) is 9.25. The number of para-hydroxylation sites is 1. The van der Waals surface area contributed by atoms with E-state index in [9.17, 15) is 19.3 Å². The Morgan fingerprint density at radius 2 is 2.15 bits per heavy atom. The fourth-order valence-corrected chi connectivity index (χ4v) is 1.58. The topological polar surface area (TPSA) is 89.7 Å². The molecule has 0 saturated carbocycles. The van der Waals surface area contributed by atoms with E-state index in [4.69, 9.17) is 9.84 Å². The largest absolute Gasteiger partial charge is 0.485 e. The second-order valence-electron chi connectivity index (χ2n) is 4.99. The summed E-state index contributed by atoms with van der Waals surface area (Å²) in [6, 6.07) is 3.46. The summed E-state index contributed by atoms with van der Waals surface area (Å²) in [5.74, 6) is -2.16. The van der Waals surface area contributed by atoms with Crippen molar-refractivity contribution < 1.29 is 24.0 Å². The predicted octanol–water partition coefficient (Wildman–Crippen LogP) is 3.00. The van der Waals surface area contributed by atoms with Crippen molar-refractivity contribution >= 4 is 11.7 Å². The molecule has 0 atom stereocenters. The van der Waals surface area contributed by atoms with Crippen LogP contribution >= 0.6 is 0 Å². The maximum Gasteiger partial charge on any atom is 0.314 e. The minimum absolute atomic E-state index is 0.0124. The minimum Gasteiger partial charge on any atom is -0.485 e. The zero-order chi connectivity index (χ0) is 15.3. The molecule has 0 amide bonds. The first-order valence-electron chi connectivity index (χ1n) is 6.05. The highest BCUT2D eigenvalue weighted by molar-refractivity contribution is 5.73. The molecule has 0 unspecified atom stereocenters.